The van der Waals surface area contributed by atoms with Crippen molar-refractivity contribution in [2.24, 2.45) is 17.8 Å². The minimum atomic E-state index is -0.347. The number of furan rings is 1. The zero-order valence-electron chi connectivity index (χ0n) is 16.4. The number of hydrogen-bond donors (Lipinski definition) is 0. The zero-order valence-corrected chi connectivity index (χ0v) is 16.4. The van der Waals surface area contributed by atoms with Crippen molar-refractivity contribution in [3.05, 3.63) is 24.2 Å². The largest absolute Gasteiger partial charge is 0.469 e. The second-order valence-corrected chi connectivity index (χ2v) is 7.58. The van der Waals surface area contributed by atoms with Crippen LogP contribution in [-0.2, 0) is 20.9 Å². The highest BCUT2D eigenvalue weighted by Crippen LogP contribution is 2.33. The van der Waals surface area contributed by atoms with Gasteiger partial charge < -0.3 is 14.1 Å². The van der Waals surface area contributed by atoms with Crippen LogP contribution < -0.4 is 0 Å². The summed E-state index contributed by atoms with van der Waals surface area (Å²) in [6, 6.07) is 3.69. The third kappa shape index (κ3) is 5.89. The lowest BCUT2D eigenvalue weighted by Crippen LogP contribution is -2.41. The highest BCUT2D eigenvalue weighted by atomic mass is 16.5. The molecule has 0 N–H and O–H groups in total. The highest BCUT2D eigenvalue weighted by Gasteiger charge is 2.31. The van der Waals surface area contributed by atoms with Crippen molar-refractivity contribution >= 4 is 11.9 Å². The smallest absolute Gasteiger partial charge is 0.310 e. The summed E-state index contributed by atoms with van der Waals surface area (Å²) in [5.74, 6) is 1.09. The Morgan fingerprint density at radius 1 is 1.31 bits per heavy atom. The van der Waals surface area contributed by atoms with Crippen LogP contribution in [0.5, 0.6) is 0 Å². The molecular weight excluding hydrogens is 330 g/mol. The van der Waals surface area contributed by atoms with Gasteiger partial charge in [0.1, 0.15) is 5.76 Å². The Labute approximate surface area is 157 Å². The predicted octanol–water partition coefficient (Wildman–Crippen LogP) is 4.41. The number of carbonyl (C=O) groups excluding carboxylic acids is 2. The summed E-state index contributed by atoms with van der Waals surface area (Å²) in [5.41, 5.74) is 0. The van der Waals surface area contributed by atoms with Crippen molar-refractivity contribution in [3.8, 4) is 0 Å². The number of methoxy groups -OCH3 is 1. The van der Waals surface area contributed by atoms with Gasteiger partial charge in [0.15, 0.2) is 0 Å². The van der Waals surface area contributed by atoms with Crippen molar-refractivity contribution in [2.75, 3.05) is 13.7 Å². The minimum absolute atomic E-state index is 0.0627. The van der Waals surface area contributed by atoms with E-state index in [2.05, 4.69) is 6.92 Å². The van der Waals surface area contributed by atoms with E-state index < -0.39 is 0 Å². The van der Waals surface area contributed by atoms with Crippen molar-refractivity contribution in [1.29, 1.82) is 0 Å². The lowest BCUT2D eigenvalue weighted by molar-refractivity contribution is -0.147. The van der Waals surface area contributed by atoms with E-state index in [1.54, 1.807) is 18.1 Å². The van der Waals surface area contributed by atoms with E-state index >= 15 is 0 Å². The molecule has 2 rings (SSSR count). The molecule has 1 heterocycles. The van der Waals surface area contributed by atoms with E-state index in [1.807, 2.05) is 12.1 Å². The molecule has 0 saturated heterocycles. The van der Waals surface area contributed by atoms with Crippen LogP contribution in [0.1, 0.15) is 64.6 Å². The number of carbonyl (C=O) groups is 2. The first-order valence-corrected chi connectivity index (χ1v) is 9.94. The molecule has 0 aromatic carbocycles. The molecule has 1 fully saturated rings. The molecule has 5 heteroatoms. The molecule has 1 amide bonds. The molecule has 1 atom stereocenters. The average Bonchev–Trinajstić information content (AvgIpc) is 3.18. The quantitative estimate of drug-likeness (QED) is 0.610. The number of ether oxygens (including phenoxy) is 1. The van der Waals surface area contributed by atoms with Gasteiger partial charge in [-0.25, -0.2) is 0 Å². The lowest BCUT2D eigenvalue weighted by atomic mass is 9.79. The summed E-state index contributed by atoms with van der Waals surface area (Å²) in [6.07, 6.45) is 9.59. The Morgan fingerprint density at radius 3 is 2.62 bits per heavy atom. The molecule has 1 aliphatic carbocycles. The van der Waals surface area contributed by atoms with Gasteiger partial charge in [0.05, 0.1) is 25.8 Å². The number of hydrogen-bond acceptors (Lipinski definition) is 4. The van der Waals surface area contributed by atoms with Gasteiger partial charge in [0.25, 0.3) is 0 Å². The number of amides is 1. The first-order valence-electron chi connectivity index (χ1n) is 9.94. The Hall–Kier alpha value is -1.78. The summed E-state index contributed by atoms with van der Waals surface area (Å²) in [6.45, 7) is 4.80. The van der Waals surface area contributed by atoms with Crippen LogP contribution in [0.4, 0.5) is 0 Å². The maximum atomic E-state index is 13.1. The molecule has 1 saturated carbocycles. The Kier molecular flexibility index (Phi) is 8.20. The second-order valence-electron chi connectivity index (χ2n) is 7.58. The van der Waals surface area contributed by atoms with Crippen LogP contribution in [-0.4, -0.2) is 30.4 Å². The molecule has 0 spiro atoms. The summed E-state index contributed by atoms with van der Waals surface area (Å²) in [5, 5.41) is 0. The predicted molar refractivity (Wildman–Crippen MR) is 100 cm³/mol. The second kappa shape index (κ2) is 10.4. The maximum absolute atomic E-state index is 13.1. The summed E-state index contributed by atoms with van der Waals surface area (Å²) in [7, 11) is 1.38. The Morgan fingerprint density at radius 2 is 2.04 bits per heavy atom. The van der Waals surface area contributed by atoms with E-state index in [0.29, 0.717) is 13.1 Å². The number of nitrogens with zero attached hydrogens (tertiary/aromatic N) is 1. The molecule has 0 aliphatic heterocycles. The van der Waals surface area contributed by atoms with Gasteiger partial charge in [-0.3, -0.25) is 9.59 Å². The molecule has 1 aliphatic rings. The molecule has 5 nitrogen and oxygen atoms in total. The Bertz CT molecular complexity index is 546. The van der Waals surface area contributed by atoms with Gasteiger partial charge >= 0.3 is 5.97 Å². The molecule has 0 radical (unpaired) electrons. The fourth-order valence-corrected chi connectivity index (χ4v) is 3.88. The van der Waals surface area contributed by atoms with Gasteiger partial charge in [-0.15, -0.1) is 0 Å². The summed E-state index contributed by atoms with van der Waals surface area (Å²) in [4.78, 5) is 26.7. The van der Waals surface area contributed by atoms with E-state index in [9.17, 15) is 9.59 Å². The first kappa shape index (κ1) is 20.5. The van der Waals surface area contributed by atoms with Crippen molar-refractivity contribution in [2.45, 2.75) is 65.3 Å². The van der Waals surface area contributed by atoms with E-state index in [-0.39, 0.29) is 23.7 Å². The van der Waals surface area contributed by atoms with Crippen LogP contribution in [0.15, 0.2) is 22.8 Å². The van der Waals surface area contributed by atoms with Crippen LogP contribution in [0.3, 0.4) is 0 Å². The van der Waals surface area contributed by atoms with Crippen molar-refractivity contribution in [3.63, 3.8) is 0 Å². The fourth-order valence-electron chi connectivity index (χ4n) is 3.88. The Balaban J connectivity index is 1.97. The summed E-state index contributed by atoms with van der Waals surface area (Å²) >= 11 is 0. The third-order valence-electron chi connectivity index (χ3n) is 5.50. The molecule has 1 unspecified atom stereocenters. The van der Waals surface area contributed by atoms with E-state index in [0.717, 1.165) is 37.4 Å². The monoisotopic (exact) mass is 363 g/mol. The first-order chi connectivity index (χ1) is 12.5. The lowest BCUT2D eigenvalue weighted by Gasteiger charge is -2.32. The highest BCUT2D eigenvalue weighted by molar-refractivity contribution is 5.80. The number of unbranched alkanes of at least 4 members (excludes halogenated alkanes) is 1. The van der Waals surface area contributed by atoms with Crippen LogP contribution in [0, 0.1) is 17.8 Å². The van der Waals surface area contributed by atoms with Gasteiger partial charge in [-0.05, 0) is 43.7 Å². The van der Waals surface area contributed by atoms with Gasteiger partial charge in [-0.2, -0.15) is 0 Å². The number of rotatable bonds is 9. The fraction of sp³-hybridized carbons (Fsp3) is 0.714. The van der Waals surface area contributed by atoms with E-state index in [4.69, 9.17) is 9.15 Å². The molecular formula is C21H33NO4. The maximum Gasteiger partial charge on any atom is 0.310 e. The standard InChI is InChI=1S/C21H33NO4/c1-4-5-7-17-9-11-18(12-10-17)20(23)22(14-16(2)21(24)25-3)15-19-8-6-13-26-19/h6,8,13,16-18H,4-5,7,9-12,14-15H2,1-3H3. The molecule has 0 bridgehead atoms. The molecule has 1 aromatic rings. The van der Waals surface area contributed by atoms with Gasteiger partial charge in [0, 0.05) is 12.5 Å². The van der Waals surface area contributed by atoms with Crippen LogP contribution in [0.2, 0.25) is 0 Å². The van der Waals surface area contributed by atoms with Gasteiger partial charge in [0.2, 0.25) is 5.91 Å². The average molecular weight is 363 g/mol. The van der Waals surface area contributed by atoms with Crippen LogP contribution in [0.25, 0.3) is 0 Å². The van der Waals surface area contributed by atoms with Gasteiger partial charge in [-0.1, -0.05) is 33.1 Å². The molecule has 146 valence electrons. The number of esters is 1. The SMILES string of the molecule is CCCCC1CCC(C(=O)N(Cc2ccco2)CC(C)C(=O)OC)CC1. The topological polar surface area (TPSA) is 59.8 Å². The summed E-state index contributed by atoms with van der Waals surface area (Å²) < 4.78 is 10.2. The normalized spacial score (nSPS) is 21.2. The van der Waals surface area contributed by atoms with Crippen molar-refractivity contribution in [1.82, 2.24) is 4.90 Å². The van der Waals surface area contributed by atoms with Crippen molar-refractivity contribution < 1.29 is 18.7 Å². The molecule has 1 aromatic heterocycles. The zero-order chi connectivity index (χ0) is 18.9. The van der Waals surface area contributed by atoms with Crippen LogP contribution >= 0.6 is 0 Å². The minimum Gasteiger partial charge on any atom is -0.469 e. The third-order valence-corrected chi connectivity index (χ3v) is 5.50. The van der Waals surface area contributed by atoms with E-state index in [1.165, 1.54) is 26.4 Å². The molecule has 26 heavy (non-hydrogen) atoms.